The largest absolute Gasteiger partial charge is 0.0596 e. The third-order valence-corrected chi connectivity index (χ3v) is 14.4. The van der Waals surface area contributed by atoms with Crippen molar-refractivity contribution in [2.75, 3.05) is 0 Å². The molecule has 8 aliphatic carbocycles. The molecule has 2 aromatic carbocycles. The lowest BCUT2D eigenvalue weighted by molar-refractivity contribution is -0.0315. The van der Waals surface area contributed by atoms with E-state index in [0.717, 1.165) is 29.6 Å². The second kappa shape index (κ2) is 8.59. The van der Waals surface area contributed by atoms with E-state index in [-0.39, 0.29) is 16.2 Å². The number of benzene rings is 2. The fourth-order valence-corrected chi connectivity index (χ4v) is 12.8. The number of hydrogen-bond donors (Lipinski definition) is 0. The average Bonchev–Trinajstić information content (AvgIpc) is 3.69. The fourth-order valence-electron chi connectivity index (χ4n) is 12.8. The Bertz CT molecular complexity index is 1490. The van der Waals surface area contributed by atoms with Gasteiger partial charge in [-0.15, -0.1) is 0 Å². The molecule has 226 valence electrons. The minimum atomic E-state index is 0.152. The molecule has 3 atom stereocenters. The van der Waals surface area contributed by atoms with Crippen LogP contribution in [0.5, 0.6) is 0 Å². The fraction of sp³-hybridized carbons (Fsp3) is 0.628. The zero-order valence-corrected chi connectivity index (χ0v) is 28.1. The zero-order chi connectivity index (χ0) is 29.7. The van der Waals surface area contributed by atoms with Crippen LogP contribution in [0.2, 0.25) is 0 Å². The second-order valence-corrected chi connectivity index (χ2v) is 18.9. The van der Waals surface area contributed by atoms with Crippen molar-refractivity contribution < 1.29 is 0 Å². The van der Waals surface area contributed by atoms with Gasteiger partial charge in [0.05, 0.1) is 0 Å². The molecule has 4 bridgehead atoms. The predicted octanol–water partition coefficient (Wildman–Crippen LogP) is 11.7. The van der Waals surface area contributed by atoms with Crippen molar-refractivity contribution in [3.63, 3.8) is 0 Å². The molecule has 0 heteroatoms. The lowest BCUT2D eigenvalue weighted by Crippen LogP contribution is -2.47. The Morgan fingerprint density at radius 3 is 1.74 bits per heavy atom. The van der Waals surface area contributed by atoms with Gasteiger partial charge in [0.1, 0.15) is 0 Å². The normalized spacial score (nSPS) is 37.6. The Kier molecular flexibility index (Phi) is 5.44. The molecule has 0 saturated heterocycles. The summed E-state index contributed by atoms with van der Waals surface area (Å²) in [7, 11) is 0. The molecule has 8 aliphatic rings. The van der Waals surface area contributed by atoms with Gasteiger partial charge in [0.15, 0.2) is 0 Å². The SMILES string of the molecule is CC(C)(C)c1ccc2c(c1)-c1cc(C(C)(C)C)ccc1C2C1(C)C2=C(CC(C34CC5CC(CC(C5)C3)C4)=C2)C2CCCC21. The first-order chi connectivity index (χ1) is 20.3. The smallest absolute Gasteiger partial charge is 0.0199 e. The van der Waals surface area contributed by atoms with Crippen molar-refractivity contribution in [1.82, 2.24) is 0 Å². The van der Waals surface area contributed by atoms with Gasteiger partial charge in [0, 0.05) is 11.3 Å². The van der Waals surface area contributed by atoms with Gasteiger partial charge in [-0.2, -0.15) is 0 Å². The Morgan fingerprint density at radius 1 is 0.698 bits per heavy atom. The van der Waals surface area contributed by atoms with Crippen molar-refractivity contribution >= 4 is 0 Å². The molecule has 3 unspecified atom stereocenters. The average molecular weight is 571 g/mol. The molecule has 5 fully saturated rings. The summed E-state index contributed by atoms with van der Waals surface area (Å²) in [6, 6.07) is 15.3. The van der Waals surface area contributed by atoms with E-state index < -0.39 is 0 Å². The Morgan fingerprint density at radius 2 is 1.23 bits per heavy atom. The molecule has 0 aliphatic heterocycles. The Hall–Kier alpha value is -2.08. The van der Waals surface area contributed by atoms with Gasteiger partial charge in [0.25, 0.3) is 0 Å². The van der Waals surface area contributed by atoms with Gasteiger partial charge in [-0.05, 0) is 143 Å². The molecule has 0 aromatic heterocycles. The molecule has 0 nitrogen and oxygen atoms in total. The summed E-state index contributed by atoms with van der Waals surface area (Å²) < 4.78 is 0. The van der Waals surface area contributed by atoms with Crippen LogP contribution in [0.15, 0.2) is 59.2 Å². The van der Waals surface area contributed by atoms with E-state index in [1.54, 1.807) is 30.4 Å². The maximum Gasteiger partial charge on any atom is 0.0199 e. The Labute approximate surface area is 261 Å². The van der Waals surface area contributed by atoms with Crippen LogP contribution in [-0.2, 0) is 10.8 Å². The van der Waals surface area contributed by atoms with E-state index in [0.29, 0.717) is 11.3 Å². The van der Waals surface area contributed by atoms with E-state index >= 15 is 0 Å². The van der Waals surface area contributed by atoms with Crippen molar-refractivity contribution in [2.45, 2.75) is 129 Å². The highest BCUT2D eigenvalue weighted by Gasteiger charge is 2.61. The van der Waals surface area contributed by atoms with E-state index in [1.165, 1.54) is 67.2 Å². The number of rotatable bonds is 2. The maximum atomic E-state index is 2.89. The van der Waals surface area contributed by atoms with Crippen LogP contribution in [-0.4, -0.2) is 0 Å². The monoisotopic (exact) mass is 570 g/mol. The van der Waals surface area contributed by atoms with Crippen LogP contribution in [0.25, 0.3) is 11.1 Å². The molecular formula is C43H54. The van der Waals surface area contributed by atoms with Gasteiger partial charge in [0.2, 0.25) is 0 Å². The minimum absolute atomic E-state index is 0.152. The van der Waals surface area contributed by atoms with Gasteiger partial charge in [-0.25, -0.2) is 0 Å². The first-order valence-corrected chi connectivity index (χ1v) is 18.1. The summed E-state index contributed by atoms with van der Waals surface area (Å²) in [6.45, 7) is 17.0. The van der Waals surface area contributed by atoms with Crippen molar-refractivity contribution in [3.05, 3.63) is 81.4 Å². The van der Waals surface area contributed by atoms with Crippen LogP contribution >= 0.6 is 0 Å². The van der Waals surface area contributed by atoms with Gasteiger partial charge < -0.3 is 0 Å². The van der Waals surface area contributed by atoms with Crippen LogP contribution < -0.4 is 0 Å². The molecule has 0 spiro atoms. The van der Waals surface area contributed by atoms with Gasteiger partial charge >= 0.3 is 0 Å². The molecule has 0 N–H and O–H groups in total. The van der Waals surface area contributed by atoms with E-state index in [2.05, 4.69) is 90.9 Å². The quantitative estimate of drug-likeness (QED) is 0.337. The molecule has 5 saturated carbocycles. The molecule has 0 heterocycles. The third-order valence-electron chi connectivity index (χ3n) is 14.4. The highest BCUT2D eigenvalue weighted by atomic mass is 14.6. The second-order valence-electron chi connectivity index (χ2n) is 18.9. The molecule has 0 amide bonds. The lowest BCUT2D eigenvalue weighted by Gasteiger charge is -2.58. The zero-order valence-electron chi connectivity index (χ0n) is 28.1. The Balaban J connectivity index is 1.21. The summed E-state index contributed by atoms with van der Waals surface area (Å²) in [4.78, 5) is 0. The number of hydrogen-bond acceptors (Lipinski definition) is 0. The lowest BCUT2D eigenvalue weighted by atomic mass is 9.47. The van der Waals surface area contributed by atoms with Crippen LogP contribution in [0.3, 0.4) is 0 Å². The van der Waals surface area contributed by atoms with Crippen LogP contribution in [0.1, 0.15) is 141 Å². The highest BCUT2D eigenvalue weighted by Crippen LogP contribution is 2.72. The number of fused-ring (bicyclic) bond motifs is 5. The first kappa shape index (κ1) is 27.2. The topological polar surface area (TPSA) is 0 Å². The first-order valence-electron chi connectivity index (χ1n) is 18.1. The summed E-state index contributed by atoms with van der Waals surface area (Å²) in [5, 5.41) is 0. The molecule has 10 rings (SSSR count). The standard InChI is InChI=1S/C43H54/c1-40(2,3)28-11-13-32-34(18-28)35-19-29(41(4,5)6)12-14-33(35)39(32)42(7)37-10-8-9-31(37)36-20-30(21-38(36)42)43-22-25-15-26(23-43)17-27(16-25)24-43/h11-14,18-19,21,25-27,31,37,39H,8-10,15-17,20,22-24H2,1-7H3. The van der Waals surface area contributed by atoms with E-state index in [1.807, 2.05) is 16.7 Å². The molecule has 43 heavy (non-hydrogen) atoms. The minimum Gasteiger partial charge on any atom is -0.0596 e. The van der Waals surface area contributed by atoms with Gasteiger partial charge in [-0.1, -0.05) is 109 Å². The summed E-state index contributed by atoms with van der Waals surface area (Å²) in [6.07, 6.45) is 17.7. The van der Waals surface area contributed by atoms with E-state index in [4.69, 9.17) is 0 Å². The predicted molar refractivity (Wildman–Crippen MR) is 180 cm³/mol. The summed E-state index contributed by atoms with van der Waals surface area (Å²) in [5.41, 5.74) is 15.9. The molecule has 2 aromatic rings. The maximum absolute atomic E-state index is 2.89. The van der Waals surface area contributed by atoms with Crippen LogP contribution in [0, 0.1) is 40.4 Å². The van der Waals surface area contributed by atoms with E-state index in [9.17, 15) is 0 Å². The summed E-state index contributed by atoms with van der Waals surface area (Å²) in [5.74, 6) is 5.14. The van der Waals surface area contributed by atoms with Crippen molar-refractivity contribution in [2.24, 2.45) is 40.4 Å². The van der Waals surface area contributed by atoms with Crippen LogP contribution in [0.4, 0.5) is 0 Å². The molecule has 0 radical (unpaired) electrons. The van der Waals surface area contributed by atoms with Crippen molar-refractivity contribution in [1.29, 1.82) is 0 Å². The molecular weight excluding hydrogens is 516 g/mol. The van der Waals surface area contributed by atoms with Crippen molar-refractivity contribution in [3.8, 4) is 11.1 Å². The number of allylic oxidation sites excluding steroid dienone is 4. The third kappa shape index (κ3) is 3.68. The highest BCUT2D eigenvalue weighted by molar-refractivity contribution is 5.81. The van der Waals surface area contributed by atoms with Gasteiger partial charge in [-0.3, -0.25) is 0 Å². The summed E-state index contributed by atoms with van der Waals surface area (Å²) >= 11 is 0.